The molecule has 0 spiro atoms. The lowest BCUT2D eigenvalue weighted by molar-refractivity contribution is 0.0578. The highest BCUT2D eigenvalue weighted by Crippen LogP contribution is 2.26. The molecule has 1 aliphatic heterocycles. The third-order valence-corrected chi connectivity index (χ3v) is 4.74. The van der Waals surface area contributed by atoms with Crippen LogP contribution in [0.5, 0.6) is 0 Å². The van der Waals surface area contributed by atoms with Gasteiger partial charge in [-0.15, -0.1) is 0 Å². The molecule has 2 aromatic heterocycles. The van der Waals surface area contributed by atoms with E-state index < -0.39 is 0 Å². The van der Waals surface area contributed by atoms with Crippen LogP contribution in [0.25, 0.3) is 11.3 Å². The van der Waals surface area contributed by atoms with Crippen LogP contribution in [-0.4, -0.2) is 45.1 Å². The Labute approximate surface area is 155 Å². The highest BCUT2D eigenvalue weighted by atomic mass is 35.5. The molecule has 1 atom stereocenters. The summed E-state index contributed by atoms with van der Waals surface area (Å²) in [7, 11) is 1.92. The number of rotatable bonds is 3. The first-order chi connectivity index (χ1) is 12.6. The van der Waals surface area contributed by atoms with E-state index in [1.807, 2.05) is 29.9 Å². The fourth-order valence-corrected chi connectivity index (χ4v) is 3.37. The van der Waals surface area contributed by atoms with E-state index in [9.17, 15) is 4.79 Å². The molecule has 0 radical (unpaired) electrons. The van der Waals surface area contributed by atoms with Crippen molar-refractivity contribution in [2.45, 2.75) is 6.04 Å². The largest absolute Gasteiger partial charge is 0.350 e. The fourth-order valence-electron chi connectivity index (χ4n) is 3.18. The Hall–Kier alpha value is -2.64. The molecule has 1 unspecified atom stereocenters. The van der Waals surface area contributed by atoms with Crippen molar-refractivity contribution in [1.82, 2.24) is 24.9 Å². The Balaban J connectivity index is 1.61. The fraction of sp³-hybridized carbons (Fsp3) is 0.278. The molecule has 3 heterocycles. The molecule has 0 bridgehead atoms. The highest BCUT2D eigenvalue weighted by Gasteiger charge is 2.33. The second kappa shape index (κ2) is 6.93. The van der Waals surface area contributed by atoms with E-state index in [1.54, 1.807) is 29.3 Å². The van der Waals surface area contributed by atoms with Gasteiger partial charge in [0.05, 0.1) is 0 Å². The molecule has 8 heteroatoms. The average molecular weight is 372 g/mol. The molecule has 3 aromatic rings. The molecule has 1 saturated heterocycles. The van der Waals surface area contributed by atoms with Crippen LogP contribution < -0.4 is 5.32 Å². The van der Waals surface area contributed by atoms with Gasteiger partial charge in [0.15, 0.2) is 0 Å². The lowest BCUT2D eigenvalue weighted by Crippen LogP contribution is -2.49. The number of carbonyl (C=O) groups excluding carboxylic acids is 1. The van der Waals surface area contributed by atoms with Crippen LogP contribution in [0.3, 0.4) is 0 Å². The predicted molar refractivity (Wildman–Crippen MR) is 96.8 cm³/mol. The molecule has 0 saturated carbocycles. The number of benzene rings is 1. The molecule has 1 fully saturated rings. The van der Waals surface area contributed by atoms with Crippen LogP contribution in [0.4, 0.5) is 0 Å². The molecule has 26 heavy (non-hydrogen) atoms. The van der Waals surface area contributed by atoms with Gasteiger partial charge in [0.2, 0.25) is 5.76 Å². The van der Waals surface area contributed by atoms with E-state index >= 15 is 0 Å². The van der Waals surface area contributed by atoms with Gasteiger partial charge in [-0.1, -0.05) is 28.9 Å². The van der Waals surface area contributed by atoms with Crippen molar-refractivity contribution in [3.63, 3.8) is 0 Å². The van der Waals surface area contributed by atoms with E-state index in [4.69, 9.17) is 16.1 Å². The SMILES string of the molecule is Cn1ccnc1C1CNCCN1C(=O)c1cc(-c2cccc(Cl)c2)no1. The minimum atomic E-state index is -0.194. The summed E-state index contributed by atoms with van der Waals surface area (Å²) in [4.78, 5) is 19.2. The van der Waals surface area contributed by atoms with E-state index in [1.165, 1.54) is 0 Å². The Kier molecular flexibility index (Phi) is 4.48. The zero-order valence-electron chi connectivity index (χ0n) is 14.2. The van der Waals surface area contributed by atoms with Crippen molar-refractivity contribution in [3.05, 3.63) is 59.3 Å². The summed E-state index contributed by atoms with van der Waals surface area (Å²) >= 11 is 6.03. The summed E-state index contributed by atoms with van der Waals surface area (Å²) < 4.78 is 7.26. The van der Waals surface area contributed by atoms with Gasteiger partial charge in [-0.25, -0.2) is 4.98 Å². The van der Waals surface area contributed by atoms with Gasteiger partial charge in [0, 0.05) is 55.7 Å². The maximum Gasteiger partial charge on any atom is 0.293 e. The van der Waals surface area contributed by atoms with Gasteiger partial charge in [0.25, 0.3) is 5.91 Å². The number of aryl methyl sites for hydroxylation is 1. The van der Waals surface area contributed by atoms with E-state index in [0.717, 1.165) is 17.9 Å². The minimum absolute atomic E-state index is 0.157. The van der Waals surface area contributed by atoms with Crippen LogP contribution in [0.1, 0.15) is 22.4 Å². The molecule has 1 amide bonds. The molecular formula is C18H18ClN5O2. The van der Waals surface area contributed by atoms with Gasteiger partial charge in [-0.05, 0) is 12.1 Å². The van der Waals surface area contributed by atoms with Gasteiger partial charge in [-0.3, -0.25) is 4.79 Å². The number of amides is 1. The maximum atomic E-state index is 13.0. The average Bonchev–Trinajstić information content (AvgIpc) is 3.30. The first-order valence-corrected chi connectivity index (χ1v) is 8.73. The summed E-state index contributed by atoms with van der Waals surface area (Å²) in [6.07, 6.45) is 3.61. The first kappa shape index (κ1) is 16.8. The Morgan fingerprint density at radius 1 is 1.38 bits per heavy atom. The van der Waals surface area contributed by atoms with Crippen LogP contribution in [0.2, 0.25) is 5.02 Å². The topological polar surface area (TPSA) is 76.2 Å². The summed E-state index contributed by atoms with van der Waals surface area (Å²) in [5, 5.41) is 7.95. The molecule has 1 aromatic carbocycles. The number of piperazine rings is 1. The summed E-state index contributed by atoms with van der Waals surface area (Å²) in [6, 6.07) is 8.78. The van der Waals surface area contributed by atoms with Gasteiger partial charge < -0.3 is 19.3 Å². The third-order valence-electron chi connectivity index (χ3n) is 4.50. The molecule has 134 valence electrons. The number of hydrogen-bond acceptors (Lipinski definition) is 5. The smallest absolute Gasteiger partial charge is 0.293 e. The standard InChI is InChI=1S/C18H18ClN5O2/c1-23-7-6-21-17(23)15-11-20-5-8-24(15)18(25)16-10-14(22-26-16)12-3-2-4-13(19)9-12/h2-4,6-7,9-10,15,20H,5,8,11H2,1H3. The number of imidazole rings is 1. The number of nitrogens with one attached hydrogen (secondary N) is 1. The minimum Gasteiger partial charge on any atom is -0.350 e. The van der Waals surface area contributed by atoms with Crippen molar-refractivity contribution in [2.24, 2.45) is 7.05 Å². The predicted octanol–water partition coefficient (Wildman–Crippen LogP) is 2.52. The zero-order chi connectivity index (χ0) is 18.1. The number of halogens is 1. The van der Waals surface area contributed by atoms with Crippen molar-refractivity contribution < 1.29 is 9.32 Å². The molecule has 4 rings (SSSR count). The summed E-state index contributed by atoms with van der Waals surface area (Å²) in [5.41, 5.74) is 1.39. The van der Waals surface area contributed by atoms with Crippen molar-refractivity contribution in [1.29, 1.82) is 0 Å². The van der Waals surface area contributed by atoms with Crippen LogP contribution >= 0.6 is 11.6 Å². The number of nitrogens with zero attached hydrogens (tertiary/aromatic N) is 4. The summed E-state index contributed by atoms with van der Waals surface area (Å²) in [5.74, 6) is 0.849. The second-order valence-corrected chi connectivity index (χ2v) is 6.64. The van der Waals surface area contributed by atoms with Gasteiger partial charge in [0.1, 0.15) is 17.6 Å². The third kappa shape index (κ3) is 3.11. The number of hydrogen-bond donors (Lipinski definition) is 1. The molecule has 1 aliphatic rings. The van der Waals surface area contributed by atoms with Gasteiger partial charge in [-0.2, -0.15) is 0 Å². The van der Waals surface area contributed by atoms with Crippen LogP contribution in [0, 0.1) is 0 Å². The van der Waals surface area contributed by atoms with Crippen LogP contribution in [-0.2, 0) is 7.05 Å². The molecule has 7 nitrogen and oxygen atoms in total. The summed E-state index contributed by atoms with van der Waals surface area (Å²) in [6.45, 7) is 1.94. The maximum absolute atomic E-state index is 13.0. The van der Waals surface area contributed by atoms with E-state index in [0.29, 0.717) is 23.8 Å². The number of carbonyl (C=O) groups is 1. The van der Waals surface area contributed by atoms with Gasteiger partial charge >= 0.3 is 0 Å². The lowest BCUT2D eigenvalue weighted by Gasteiger charge is -2.35. The molecular weight excluding hydrogens is 354 g/mol. The Bertz CT molecular complexity index is 935. The van der Waals surface area contributed by atoms with Crippen LogP contribution in [0.15, 0.2) is 47.2 Å². The van der Waals surface area contributed by atoms with Crippen molar-refractivity contribution in [3.8, 4) is 11.3 Å². The molecule has 0 aliphatic carbocycles. The first-order valence-electron chi connectivity index (χ1n) is 8.35. The number of aromatic nitrogens is 3. The highest BCUT2D eigenvalue weighted by molar-refractivity contribution is 6.30. The Morgan fingerprint density at radius 3 is 3.04 bits per heavy atom. The normalized spacial score (nSPS) is 17.5. The van der Waals surface area contributed by atoms with Crippen molar-refractivity contribution >= 4 is 17.5 Å². The van der Waals surface area contributed by atoms with Crippen molar-refractivity contribution in [2.75, 3.05) is 19.6 Å². The molecule has 1 N–H and O–H groups in total. The zero-order valence-corrected chi connectivity index (χ0v) is 15.0. The lowest BCUT2D eigenvalue weighted by atomic mass is 10.1. The quantitative estimate of drug-likeness (QED) is 0.765. The Morgan fingerprint density at radius 2 is 2.27 bits per heavy atom. The van der Waals surface area contributed by atoms with E-state index in [2.05, 4.69) is 15.5 Å². The monoisotopic (exact) mass is 371 g/mol. The second-order valence-electron chi connectivity index (χ2n) is 6.20. The van der Waals surface area contributed by atoms with E-state index in [-0.39, 0.29) is 17.7 Å².